The first kappa shape index (κ1) is 18.5. The zero-order chi connectivity index (χ0) is 17.4. The molecule has 4 heteroatoms. The largest absolute Gasteiger partial charge is 0.494 e. The molecule has 1 N–H and O–H groups in total. The van der Waals surface area contributed by atoms with Gasteiger partial charge in [0, 0.05) is 16.8 Å². The van der Waals surface area contributed by atoms with Gasteiger partial charge in [-0.05, 0) is 55.7 Å². The maximum absolute atomic E-state index is 5.88. The van der Waals surface area contributed by atoms with E-state index in [0.29, 0.717) is 17.5 Å². The number of nitrogens with one attached hydrogen (secondary N) is 1. The molecule has 0 aliphatic rings. The maximum Gasteiger partial charge on any atom is 0.121 e. The highest BCUT2D eigenvalue weighted by atomic mass is 35.5. The molecule has 1 atom stereocenters. The lowest BCUT2D eigenvalue weighted by Crippen LogP contribution is -2.22. The lowest BCUT2D eigenvalue weighted by atomic mass is 10.1. The summed E-state index contributed by atoms with van der Waals surface area (Å²) in [6, 6.07) is 15.4. The predicted molar refractivity (Wildman–Crippen MR) is 101 cm³/mol. The third-order valence-corrected chi connectivity index (χ3v) is 3.79. The van der Waals surface area contributed by atoms with E-state index in [-0.39, 0.29) is 6.10 Å². The first-order chi connectivity index (χ1) is 11.5. The molecule has 0 aliphatic carbocycles. The smallest absolute Gasteiger partial charge is 0.121 e. The van der Waals surface area contributed by atoms with Crippen LogP contribution in [0, 0.1) is 5.92 Å². The molecular formula is C20H26ClNO2. The molecule has 0 aromatic heterocycles. The second-order valence-electron chi connectivity index (χ2n) is 6.32. The Kier molecular flexibility index (Phi) is 7.26. The number of hydrogen-bond donors (Lipinski definition) is 1. The monoisotopic (exact) mass is 347 g/mol. The summed E-state index contributed by atoms with van der Waals surface area (Å²) in [5.41, 5.74) is 1.03. The molecule has 2 rings (SSSR count). The highest BCUT2D eigenvalue weighted by molar-refractivity contribution is 6.30. The fourth-order valence-corrected chi connectivity index (χ4v) is 2.28. The second-order valence-corrected chi connectivity index (χ2v) is 6.76. The van der Waals surface area contributed by atoms with Crippen molar-refractivity contribution in [2.24, 2.45) is 5.92 Å². The third kappa shape index (κ3) is 6.71. The van der Waals surface area contributed by atoms with E-state index in [4.69, 9.17) is 21.1 Å². The highest BCUT2D eigenvalue weighted by Crippen LogP contribution is 2.19. The Morgan fingerprint density at radius 2 is 1.75 bits per heavy atom. The molecule has 0 aliphatic heterocycles. The Balaban J connectivity index is 1.79. The van der Waals surface area contributed by atoms with Gasteiger partial charge in [0.1, 0.15) is 17.6 Å². The molecule has 0 saturated carbocycles. The van der Waals surface area contributed by atoms with E-state index in [9.17, 15) is 0 Å². The minimum absolute atomic E-state index is 0.0386. The summed E-state index contributed by atoms with van der Waals surface area (Å²) < 4.78 is 11.6. The molecule has 24 heavy (non-hydrogen) atoms. The van der Waals surface area contributed by atoms with Crippen molar-refractivity contribution in [2.45, 2.75) is 33.3 Å². The Hall–Kier alpha value is -1.87. The first-order valence-electron chi connectivity index (χ1n) is 8.42. The van der Waals surface area contributed by atoms with Crippen molar-refractivity contribution >= 4 is 17.3 Å². The van der Waals surface area contributed by atoms with Crippen molar-refractivity contribution < 1.29 is 9.47 Å². The van der Waals surface area contributed by atoms with Crippen LogP contribution in [-0.2, 0) is 0 Å². The number of rotatable bonds is 9. The molecule has 2 aromatic rings. The van der Waals surface area contributed by atoms with Crippen LogP contribution in [0.25, 0.3) is 0 Å². The lowest BCUT2D eigenvalue weighted by molar-refractivity contribution is 0.234. The van der Waals surface area contributed by atoms with E-state index in [1.165, 1.54) is 0 Å². The van der Waals surface area contributed by atoms with Crippen LogP contribution < -0.4 is 14.8 Å². The number of hydrogen-bond acceptors (Lipinski definition) is 3. The lowest BCUT2D eigenvalue weighted by Gasteiger charge is -2.17. The molecule has 130 valence electrons. The fourth-order valence-electron chi connectivity index (χ4n) is 2.16. The standard InChI is InChI=1S/C20H26ClNO2/c1-15(2)11-12-23-20-6-4-5-18(13-20)22-14-16(3)24-19-9-7-17(21)8-10-19/h4-10,13,15-16,22H,11-12,14H2,1-3H3. The molecule has 2 aromatic carbocycles. The van der Waals surface area contributed by atoms with Gasteiger partial charge < -0.3 is 14.8 Å². The third-order valence-electron chi connectivity index (χ3n) is 3.54. The normalized spacial score (nSPS) is 12.0. The summed E-state index contributed by atoms with van der Waals surface area (Å²) in [6.07, 6.45) is 1.10. The predicted octanol–water partition coefficient (Wildman–Crippen LogP) is 5.64. The summed E-state index contributed by atoms with van der Waals surface area (Å²) >= 11 is 5.88. The van der Waals surface area contributed by atoms with E-state index in [1.54, 1.807) is 0 Å². The topological polar surface area (TPSA) is 30.5 Å². The van der Waals surface area contributed by atoms with Gasteiger partial charge in [-0.1, -0.05) is 31.5 Å². The van der Waals surface area contributed by atoms with Crippen LogP contribution in [0.4, 0.5) is 5.69 Å². The minimum Gasteiger partial charge on any atom is -0.494 e. The molecule has 1 unspecified atom stereocenters. The highest BCUT2D eigenvalue weighted by Gasteiger charge is 2.05. The fraction of sp³-hybridized carbons (Fsp3) is 0.400. The van der Waals surface area contributed by atoms with E-state index in [0.717, 1.165) is 30.2 Å². The van der Waals surface area contributed by atoms with Crippen molar-refractivity contribution in [2.75, 3.05) is 18.5 Å². The summed E-state index contributed by atoms with van der Waals surface area (Å²) in [7, 11) is 0. The van der Waals surface area contributed by atoms with Gasteiger partial charge in [0.05, 0.1) is 13.2 Å². The van der Waals surface area contributed by atoms with Crippen molar-refractivity contribution in [1.29, 1.82) is 0 Å². The Morgan fingerprint density at radius 3 is 2.46 bits per heavy atom. The molecule has 0 bridgehead atoms. The molecular weight excluding hydrogens is 322 g/mol. The van der Waals surface area contributed by atoms with Crippen molar-refractivity contribution in [3.63, 3.8) is 0 Å². The molecule has 0 amide bonds. The number of benzene rings is 2. The van der Waals surface area contributed by atoms with Crippen molar-refractivity contribution in [3.05, 3.63) is 53.6 Å². The number of halogens is 1. The number of ether oxygens (including phenoxy) is 2. The van der Waals surface area contributed by atoms with Crippen LogP contribution in [-0.4, -0.2) is 19.3 Å². The van der Waals surface area contributed by atoms with Gasteiger partial charge in [0.2, 0.25) is 0 Å². The van der Waals surface area contributed by atoms with Crippen LogP contribution in [0.15, 0.2) is 48.5 Å². The molecule has 0 spiro atoms. The van der Waals surface area contributed by atoms with E-state index < -0.39 is 0 Å². The zero-order valence-electron chi connectivity index (χ0n) is 14.6. The van der Waals surface area contributed by atoms with Gasteiger partial charge in [0.15, 0.2) is 0 Å². The van der Waals surface area contributed by atoms with E-state index >= 15 is 0 Å². The second kappa shape index (κ2) is 9.43. The van der Waals surface area contributed by atoms with Crippen LogP contribution in [0.1, 0.15) is 27.2 Å². The van der Waals surface area contributed by atoms with E-state index in [1.807, 2.05) is 55.5 Å². The first-order valence-corrected chi connectivity index (χ1v) is 8.79. The minimum atomic E-state index is 0.0386. The van der Waals surface area contributed by atoms with Gasteiger partial charge in [-0.3, -0.25) is 0 Å². The summed E-state index contributed by atoms with van der Waals surface area (Å²) in [5.74, 6) is 2.36. The summed E-state index contributed by atoms with van der Waals surface area (Å²) in [5, 5.41) is 4.10. The quantitative estimate of drug-likeness (QED) is 0.636. The molecule has 0 radical (unpaired) electrons. The molecule has 0 heterocycles. The SMILES string of the molecule is CC(C)CCOc1cccc(NCC(C)Oc2ccc(Cl)cc2)c1. The Morgan fingerprint density at radius 1 is 1.00 bits per heavy atom. The van der Waals surface area contributed by atoms with Crippen molar-refractivity contribution in [1.82, 2.24) is 0 Å². The van der Waals surface area contributed by atoms with Crippen molar-refractivity contribution in [3.8, 4) is 11.5 Å². The van der Waals surface area contributed by atoms with Gasteiger partial charge >= 0.3 is 0 Å². The van der Waals surface area contributed by atoms with Crippen LogP contribution >= 0.6 is 11.6 Å². The van der Waals surface area contributed by atoms with Gasteiger partial charge in [-0.25, -0.2) is 0 Å². The molecule has 0 saturated heterocycles. The summed E-state index contributed by atoms with van der Waals surface area (Å²) in [6.45, 7) is 7.88. The molecule has 0 fully saturated rings. The maximum atomic E-state index is 5.88. The number of anilines is 1. The van der Waals surface area contributed by atoms with E-state index in [2.05, 4.69) is 19.2 Å². The summed E-state index contributed by atoms with van der Waals surface area (Å²) in [4.78, 5) is 0. The van der Waals surface area contributed by atoms with Crippen LogP contribution in [0.2, 0.25) is 5.02 Å². The van der Waals surface area contributed by atoms with Gasteiger partial charge in [0.25, 0.3) is 0 Å². The Labute approximate surface area is 149 Å². The van der Waals surface area contributed by atoms with Crippen LogP contribution in [0.5, 0.6) is 11.5 Å². The van der Waals surface area contributed by atoms with Gasteiger partial charge in [-0.2, -0.15) is 0 Å². The Bertz CT molecular complexity index is 613. The van der Waals surface area contributed by atoms with Gasteiger partial charge in [-0.15, -0.1) is 0 Å². The average Bonchev–Trinajstić information content (AvgIpc) is 2.55. The average molecular weight is 348 g/mol. The molecule has 3 nitrogen and oxygen atoms in total. The van der Waals surface area contributed by atoms with Crippen LogP contribution in [0.3, 0.4) is 0 Å². The zero-order valence-corrected chi connectivity index (χ0v) is 15.3.